The number of urea groups is 1. The minimum Gasteiger partial charge on any atom is -0.478 e. The SMILES string of the molecule is Cc1sc(NC(=O)N(C)C2CCOCC2)c(C(=O)O)c1C. The van der Waals surface area contributed by atoms with Gasteiger partial charge in [-0.05, 0) is 32.3 Å². The first-order valence-electron chi connectivity index (χ1n) is 6.86. The van der Waals surface area contributed by atoms with Crippen LogP contribution in [0, 0.1) is 13.8 Å². The van der Waals surface area contributed by atoms with Gasteiger partial charge in [0, 0.05) is 31.2 Å². The maximum atomic E-state index is 12.3. The predicted octanol–water partition coefficient (Wildman–Crippen LogP) is 2.71. The van der Waals surface area contributed by atoms with Crippen molar-refractivity contribution in [3.05, 3.63) is 16.0 Å². The molecule has 1 fully saturated rings. The van der Waals surface area contributed by atoms with E-state index in [2.05, 4.69) is 5.32 Å². The number of nitrogens with one attached hydrogen (secondary N) is 1. The van der Waals surface area contributed by atoms with E-state index in [9.17, 15) is 14.7 Å². The minimum absolute atomic E-state index is 0.134. The summed E-state index contributed by atoms with van der Waals surface area (Å²) in [6.45, 7) is 4.91. The third-order valence-electron chi connectivity index (χ3n) is 3.88. The molecule has 1 aromatic rings. The number of anilines is 1. The summed E-state index contributed by atoms with van der Waals surface area (Å²) < 4.78 is 5.28. The number of rotatable bonds is 3. The van der Waals surface area contributed by atoms with Crippen LogP contribution in [-0.4, -0.2) is 48.3 Å². The highest BCUT2D eigenvalue weighted by atomic mass is 32.1. The zero-order valence-electron chi connectivity index (χ0n) is 12.4. The molecule has 7 heteroatoms. The molecule has 2 amide bonds. The van der Waals surface area contributed by atoms with E-state index in [0.29, 0.717) is 23.8 Å². The number of ether oxygens (including phenoxy) is 1. The Morgan fingerprint density at radius 1 is 1.33 bits per heavy atom. The quantitative estimate of drug-likeness (QED) is 0.899. The third kappa shape index (κ3) is 3.36. The summed E-state index contributed by atoms with van der Waals surface area (Å²) in [5, 5.41) is 12.4. The van der Waals surface area contributed by atoms with Crippen LogP contribution in [0.1, 0.15) is 33.6 Å². The van der Waals surface area contributed by atoms with Crippen LogP contribution < -0.4 is 5.32 Å². The van der Waals surface area contributed by atoms with Gasteiger partial charge >= 0.3 is 12.0 Å². The lowest BCUT2D eigenvalue weighted by Gasteiger charge is -2.31. The largest absolute Gasteiger partial charge is 0.478 e. The number of thiophene rings is 1. The van der Waals surface area contributed by atoms with E-state index < -0.39 is 5.97 Å². The molecule has 116 valence electrons. The molecule has 0 radical (unpaired) electrons. The van der Waals surface area contributed by atoms with Crippen LogP contribution >= 0.6 is 11.3 Å². The van der Waals surface area contributed by atoms with Crippen molar-refractivity contribution in [3.8, 4) is 0 Å². The molecule has 1 aliphatic rings. The molecule has 0 aromatic carbocycles. The van der Waals surface area contributed by atoms with Gasteiger partial charge in [0.2, 0.25) is 0 Å². The van der Waals surface area contributed by atoms with Crippen molar-refractivity contribution in [2.75, 3.05) is 25.6 Å². The zero-order valence-corrected chi connectivity index (χ0v) is 13.2. The van der Waals surface area contributed by atoms with Gasteiger partial charge in [-0.25, -0.2) is 9.59 Å². The smallest absolute Gasteiger partial charge is 0.338 e. The summed E-state index contributed by atoms with van der Waals surface area (Å²) in [5.41, 5.74) is 0.891. The van der Waals surface area contributed by atoms with Gasteiger partial charge in [-0.1, -0.05) is 0 Å². The Balaban J connectivity index is 2.12. The Kier molecular flexibility index (Phi) is 4.84. The number of aromatic carboxylic acids is 1. The van der Waals surface area contributed by atoms with Gasteiger partial charge in [0.15, 0.2) is 0 Å². The number of aryl methyl sites for hydroxylation is 1. The number of carboxylic acids is 1. The third-order valence-corrected chi connectivity index (χ3v) is 5.00. The molecule has 2 heterocycles. The predicted molar refractivity (Wildman–Crippen MR) is 81.4 cm³/mol. The normalized spacial score (nSPS) is 15.8. The second kappa shape index (κ2) is 6.44. The Morgan fingerprint density at radius 2 is 1.95 bits per heavy atom. The van der Waals surface area contributed by atoms with E-state index in [-0.39, 0.29) is 17.6 Å². The fourth-order valence-electron chi connectivity index (χ4n) is 2.40. The van der Waals surface area contributed by atoms with Crippen molar-refractivity contribution in [1.29, 1.82) is 0 Å². The van der Waals surface area contributed by atoms with Crippen LogP contribution in [0.2, 0.25) is 0 Å². The maximum absolute atomic E-state index is 12.3. The van der Waals surface area contributed by atoms with E-state index in [4.69, 9.17) is 4.74 Å². The Bertz CT molecular complexity index is 549. The number of hydrogen-bond acceptors (Lipinski definition) is 4. The molecule has 1 aliphatic heterocycles. The molecule has 0 atom stereocenters. The van der Waals surface area contributed by atoms with Gasteiger partial charge in [0.05, 0.1) is 5.56 Å². The van der Waals surface area contributed by atoms with Crippen LogP contribution in [0.5, 0.6) is 0 Å². The number of amides is 2. The van der Waals surface area contributed by atoms with Crippen LogP contribution in [0.3, 0.4) is 0 Å². The van der Waals surface area contributed by atoms with Gasteiger partial charge < -0.3 is 14.7 Å². The molecule has 0 unspecified atom stereocenters. The number of nitrogens with zero attached hydrogens (tertiary/aromatic N) is 1. The van der Waals surface area contributed by atoms with Crippen LogP contribution in [0.25, 0.3) is 0 Å². The average Bonchev–Trinajstić information content (AvgIpc) is 2.73. The standard InChI is InChI=1S/C14H20N2O4S/c1-8-9(2)21-12(11(8)13(17)18)15-14(19)16(3)10-4-6-20-7-5-10/h10H,4-7H2,1-3H3,(H,15,19)(H,17,18). The summed E-state index contributed by atoms with van der Waals surface area (Å²) in [7, 11) is 1.74. The van der Waals surface area contributed by atoms with Gasteiger partial charge in [0.25, 0.3) is 0 Å². The van der Waals surface area contributed by atoms with Crippen molar-refractivity contribution in [1.82, 2.24) is 4.90 Å². The molecule has 6 nitrogen and oxygen atoms in total. The van der Waals surface area contributed by atoms with Crippen molar-refractivity contribution >= 4 is 28.3 Å². The Labute approximate surface area is 127 Å². The summed E-state index contributed by atoms with van der Waals surface area (Å²) in [5.74, 6) is -1.01. The highest BCUT2D eigenvalue weighted by Gasteiger charge is 2.25. The molecular formula is C14H20N2O4S. The van der Waals surface area contributed by atoms with Crippen molar-refractivity contribution < 1.29 is 19.4 Å². The lowest BCUT2D eigenvalue weighted by molar-refractivity contribution is 0.0545. The topological polar surface area (TPSA) is 78.9 Å². The molecule has 0 bridgehead atoms. The molecule has 0 aliphatic carbocycles. The van der Waals surface area contributed by atoms with Crippen LogP contribution in [-0.2, 0) is 4.74 Å². The number of carboxylic acid groups (broad SMARTS) is 1. The fraction of sp³-hybridized carbons (Fsp3) is 0.571. The molecule has 21 heavy (non-hydrogen) atoms. The Hall–Kier alpha value is -1.60. The zero-order chi connectivity index (χ0) is 15.6. The highest BCUT2D eigenvalue weighted by Crippen LogP contribution is 2.32. The van der Waals surface area contributed by atoms with Crippen LogP contribution in [0.15, 0.2) is 0 Å². The van der Waals surface area contributed by atoms with E-state index in [0.717, 1.165) is 17.7 Å². The lowest BCUT2D eigenvalue weighted by Crippen LogP contribution is -2.42. The molecule has 2 N–H and O–H groups in total. The second-order valence-electron chi connectivity index (χ2n) is 5.18. The Morgan fingerprint density at radius 3 is 2.52 bits per heavy atom. The van der Waals surface area contributed by atoms with Crippen molar-refractivity contribution in [3.63, 3.8) is 0 Å². The molecule has 1 saturated heterocycles. The van der Waals surface area contributed by atoms with Crippen molar-refractivity contribution in [2.24, 2.45) is 0 Å². The number of carbonyl (C=O) groups excluding carboxylic acids is 1. The first kappa shape index (κ1) is 15.8. The maximum Gasteiger partial charge on any atom is 0.338 e. The molecule has 2 rings (SSSR count). The van der Waals surface area contributed by atoms with Gasteiger partial charge in [-0.15, -0.1) is 11.3 Å². The monoisotopic (exact) mass is 312 g/mol. The average molecular weight is 312 g/mol. The minimum atomic E-state index is -1.01. The molecule has 1 aromatic heterocycles. The summed E-state index contributed by atoms with van der Waals surface area (Å²) >= 11 is 1.30. The molecule has 0 saturated carbocycles. The van der Waals surface area contributed by atoms with Gasteiger partial charge in [0.1, 0.15) is 5.00 Å². The van der Waals surface area contributed by atoms with E-state index in [1.807, 2.05) is 6.92 Å². The van der Waals surface area contributed by atoms with Crippen LogP contribution in [0.4, 0.5) is 9.80 Å². The second-order valence-corrected chi connectivity index (χ2v) is 6.40. The number of hydrogen-bond donors (Lipinski definition) is 2. The first-order chi connectivity index (χ1) is 9.91. The van der Waals surface area contributed by atoms with E-state index in [1.54, 1.807) is 18.9 Å². The lowest BCUT2D eigenvalue weighted by atomic mass is 10.1. The van der Waals surface area contributed by atoms with E-state index >= 15 is 0 Å². The highest BCUT2D eigenvalue weighted by molar-refractivity contribution is 7.16. The summed E-state index contributed by atoms with van der Waals surface area (Å²) in [6.07, 6.45) is 1.61. The van der Waals surface area contributed by atoms with Gasteiger partial charge in [-0.3, -0.25) is 5.32 Å². The fourth-order valence-corrected chi connectivity index (χ4v) is 3.44. The van der Waals surface area contributed by atoms with E-state index in [1.165, 1.54) is 11.3 Å². The summed E-state index contributed by atoms with van der Waals surface area (Å²) in [6, 6.07) is -0.139. The van der Waals surface area contributed by atoms with Gasteiger partial charge in [-0.2, -0.15) is 0 Å². The first-order valence-corrected chi connectivity index (χ1v) is 7.68. The number of carbonyl (C=O) groups is 2. The molecular weight excluding hydrogens is 292 g/mol. The van der Waals surface area contributed by atoms with Crippen molar-refractivity contribution in [2.45, 2.75) is 32.7 Å². The summed E-state index contributed by atoms with van der Waals surface area (Å²) in [4.78, 5) is 26.2. The molecule has 0 spiro atoms.